The molecule has 1 saturated heterocycles. The van der Waals surface area contributed by atoms with Crippen LogP contribution in [0.5, 0.6) is 5.88 Å². The summed E-state index contributed by atoms with van der Waals surface area (Å²) in [6.07, 6.45) is 8.00. The molecule has 0 atom stereocenters. The van der Waals surface area contributed by atoms with Gasteiger partial charge in [0.2, 0.25) is 15.9 Å². The molecule has 1 aliphatic heterocycles. The first-order valence-electron chi connectivity index (χ1n) is 10.5. The van der Waals surface area contributed by atoms with Crippen LogP contribution in [0.25, 0.3) is 0 Å². The van der Waals surface area contributed by atoms with Gasteiger partial charge in [0.25, 0.3) is 5.91 Å². The number of sulfonamides is 1. The number of ether oxygens (including phenoxy) is 1. The molecule has 160 valence electrons. The summed E-state index contributed by atoms with van der Waals surface area (Å²) in [6, 6.07) is 9.91. The molecule has 1 saturated carbocycles. The number of carbonyl (C=O) groups excluding carboxylic acids is 1. The Balaban J connectivity index is 1.44. The monoisotopic (exact) mass is 429 g/mol. The van der Waals surface area contributed by atoms with E-state index >= 15 is 0 Å². The van der Waals surface area contributed by atoms with E-state index in [0.717, 1.165) is 31.2 Å². The Hall–Kier alpha value is -2.45. The van der Waals surface area contributed by atoms with Crippen molar-refractivity contribution in [3.63, 3.8) is 0 Å². The Bertz CT molecular complexity index is 997. The number of nitrogens with one attached hydrogen (secondary N) is 1. The molecule has 7 nitrogen and oxygen atoms in total. The Morgan fingerprint density at radius 1 is 1.10 bits per heavy atom. The van der Waals surface area contributed by atoms with Crippen molar-refractivity contribution >= 4 is 15.9 Å². The number of benzene rings is 1. The van der Waals surface area contributed by atoms with Gasteiger partial charge in [-0.25, -0.2) is 13.4 Å². The zero-order valence-electron chi connectivity index (χ0n) is 16.9. The largest absolute Gasteiger partial charge is 0.474 e. The van der Waals surface area contributed by atoms with Gasteiger partial charge in [-0.05, 0) is 62.8 Å². The van der Waals surface area contributed by atoms with E-state index in [9.17, 15) is 13.2 Å². The number of rotatable bonds is 7. The normalized spacial score (nSPS) is 17.9. The quantitative estimate of drug-likeness (QED) is 0.731. The molecule has 2 aliphatic rings. The molecule has 30 heavy (non-hydrogen) atoms. The lowest BCUT2D eigenvalue weighted by atomic mass is 10.2. The number of amides is 1. The summed E-state index contributed by atoms with van der Waals surface area (Å²) in [4.78, 5) is 17.2. The molecule has 0 radical (unpaired) electrons. The molecule has 4 rings (SSSR count). The fraction of sp³-hybridized carbons (Fsp3) is 0.455. The van der Waals surface area contributed by atoms with Crippen LogP contribution >= 0.6 is 0 Å². The van der Waals surface area contributed by atoms with E-state index < -0.39 is 10.0 Å². The van der Waals surface area contributed by atoms with Gasteiger partial charge in [0.1, 0.15) is 6.10 Å². The predicted molar refractivity (Wildman–Crippen MR) is 113 cm³/mol. The average molecular weight is 430 g/mol. The molecule has 0 unspecified atom stereocenters. The number of carbonyl (C=O) groups is 1. The molecule has 2 heterocycles. The molecule has 2 aromatic rings. The van der Waals surface area contributed by atoms with Crippen LogP contribution in [0, 0.1) is 0 Å². The molecular formula is C22H27N3O4S. The van der Waals surface area contributed by atoms with Crippen LogP contribution in [-0.4, -0.2) is 42.8 Å². The van der Waals surface area contributed by atoms with Crippen LogP contribution in [0.15, 0.2) is 47.5 Å². The van der Waals surface area contributed by atoms with E-state index in [2.05, 4.69) is 10.3 Å². The second-order valence-corrected chi connectivity index (χ2v) is 9.75. The summed E-state index contributed by atoms with van der Waals surface area (Å²) in [6.45, 7) is 1.32. The Labute approximate surface area is 177 Å². The van der Waals surface area contributed by atoms with Crippen LogP contribution < -0.4 is 10.1 Å². The van der Waals surface area contributed by atoms with E-state index in [-0.39, 0.29) is 23.5 Å². The number of nitrogens with zero attached hydrogens (tertiary/aromatic N) is 2. The molecule has 1 aliphatic carbocycles. The lowest BCUT2D eigenvalue weighted by Crippen LogP contribution is -2.28. The topological polar surface area (TPSA) is 88.6 Å². The third-order valence-corrected chi connectivity index (χ3v) is 7.56. The number of pyridine rings is 1. The Morgan fingerprint density at radius 3 is 2.63 bits per heavy atom. The summed E-state index contributed by atoms with van der Waals surface area (Å²) >= 11 is 0. The van der Waals surface area contributed by atoms with Gasteiger partial charge in [-0.2, -0.15) is 4.31 Å². The zero-order valence-corrected chi connectivity index (χ0v) is 17.7. The number of hydrogen-bond acceptors (Lipinski definition) is 5. The first-order chi connectivity index (χ1) is 14.5. The van der Waals surface area contributed by atoms with Gasteiger partial charge < -0.3 is 10.1 Å². The molecule has 1 aromatic heterocycles. The third-order valence-electron chi connectivity index (χ3n) is 5.67. The Kier molecular flexibility index (Phi) is 6.34. The summed E-state index contributed by atoms with van der Waals surface area (Å²) in [5, 5.41) is 2.86. The fourth-order valence-electron chi connectivity index (χ4n) is 3.98. The van der Waals surface area contributed by atoms with E-state index in [1.807, 2.05) is 12.1 Å². The summed E-state index contributed by atoms with van der Waals surface area (Å²) in [5.74, 6) is 0.221. The average Bonchev–Trinajstić information content (AvgIpc) is 3.48. The highest BCUT2D eigenvalue weighted by Gasteiger charge is 2.27. The first-order valence-corrected chi connectivity index (χ1v) is 12.0. The SMILES string of the molecule is O=C(NCc1cccnc1OC1CCCC1)c1cccc(S(=O)(=O)N2CCCC2)c1. The maximum atomic E-state index is 12.8. The smallest absolute Gasteiger partial charge is 0.251 e. The number of aromatic nitrogens is 1. The van der Waals surface area contributed by atoms with Gasteiger partial charge in [0.05, 0.1) is 4.90 Å². The van der Waals surface area contributed by atoms with Gasteiger partial charge in [-0.1, -0.05) is 12.1 Å². The fourth-order valence-corrected chi connectivity index (χ4v) is 5.55. The summed E-state index contributed by atoms with van der Waals surface area (Å²) < 4.78 is 33.0. The maximum absolute atomic E-state index is 12.8. The zero-order chi connectivity index (χ0) is 21.0. The van der Waals surface area contributed by atoms with Crippen molar-refractivity contribution in [3.8, 4) is 5.88 Å². The number of hydrogen-bond donors (Lipinski definition) is 1. The van der Waals surface area contributed by atoms with Gasteiger partial charge in [0, 0.05) is 37.0 Å². The molecule has 1 amide bonds. The van der Waals surface area contributed by atoms with Crippen LogP contribution in [0.3, 0.4) is 0 Å². The molecule has 8 heteroatoms. The standard InChI is InChI=1S/C22H27N3O4S/c26-21(17-7-5-11-20(15-17)30(27,28)25-13-3-4-14-25)24-16-18-8-6-12-23-22(18)29-19-9-1-2-10-19/h5-8,11-12,15,19H,1-4,9-10,13-14,16H2,(H,24,26). The van der Waals surface area contributed by atoms with Gasteiger partial charge >= 0.3 is 0 Å². The molecule has 1 N–H and O–H groups in total. The molecule has 0 bridgehead atoms. The second-order valence-electron chi connectivity index (χ2n) is 7.81. The van der Waals surface area contributed by atoms with Gasteiger partial charge in [-0.15, -0.1) is 0 Å². The summed E-state index contributed by atoms with van der Waals surface area (Å²) in [5.41, 5.74) is 1.12. The van der Waals surface area contributed by atoms with E-state index in [1.54, 1.807) is 24.4 Å². The molecule has 2 fully saturated rings. The van der Waals surface area contributed by atoms with E-state index in [1.165, 1.54) is 23.2 Å². The van der Waals surface area contributed by atoms with Gasteiger partial charge in [0.15, 0.2) is 0 Å². The van der Waals surface area contributed by atoms with Crippen LogP contribution in [0.1, 0.15) is 54.4 Å². The van der Waals surface area contributed by atoms with Crippen LogP contribution in [0.4, 0.5) is 0 Å². The lowest BCUT2D eigenvalue weighted by Gasteiger charge is -2.16. The van der Waals surface area contributed by atoms with Crippen molar-refractivity contribution in [2.24, 2.45) is 0 Å². The second kappa shape index (κ2) is 9.14. The minimum Gasteiger partial charge on any atom is -0.474 e. The van der Waals surface area contributed by atoms with Crippen molar-refractivity contribution in [1.29, 1.82) is 0 Å². The van der Waals surface area contributed by atoms with Crippen LogP contribution in [0.2, 0.25) is 0 Å². The van der Waals surface area contributed by atoms with Crippen LogP contribution in [-0.2, 0) is 16.6 Å². The van der Waals surface area contributed by atoms with Crippen molar-refractivity contribution < 1.29 is 17.9 Å². The Morgan fingerprint density at radius 2 is 1.87 bits per heavy atom. The first kappa shape index (κ1) is 20.8. The minimum atomic E-state index is -3.56. The third kappa shape index (κ3) is 4.65. The van der Waals surface area contributed by atoms with Crippen molar-refractivity contribution in [2.45, 2.75) is 56.1 Å². The van der Waals surface area contributed by atoms with Gasteiger partial charge in [-0.3, -0.25) is 4.79 Å². The highest BCUT2D eigenvalue weighted by atomic mass is 32.2. The maximum Gasteiger partial charge on any atom is 0.251 e. The highest BCUT2D eigenvalue weighted by Crippen LogP contribution is 2.25. The van der Waals surface area contributed by atoms with Crippen molar-refractivity contribution in [3.05, 3.63) is 53.7 Å². The van der Waals surface area contributed by atoms with Crippen molar-refractivity contribution in [1.82, 2.24) is 14.6 Å². The molecule has 1 aromatic carbocycles. The highest BCUT2D eigenvalue weighted by molar-refractivity contribution is 7.89. The predicted octanol–water partition coefficient (Wildman–Crippen LogP) is 3.12. The molecular weight excluding hydrogens is 402 g/mol. The molecule has 0 spiro atoms. The van der Waals surface area contributed by atoms with E-state index in [4.69, 9.17) is 4.74 Å². The lowest BCUT2D eigenvalue weighted by molar-refractivity contribution is 0.0950. The minimum absolute atomic E-state index is 0.156. The summed E-state index contributed by atoms with van der Waals surface area (Å²) in [7, 11) is -3.56. The van der Waals surface area contributed by atoms with Crippen molar-refractivity contribution in [2.75, 3.05) is 13.1 Å². The van der Waals surface area contributed by atoms with E-state index in [0.29, 0.717) is 24.5 Å².